The van der Waals surface area contributed by atoms with E-state index < -0.39 is 0 Å². The fourth-order valence-corrected chi connectivity index (χ4v) is 4.35. The molecule has 146 valence electrons. The van der Waals surface area contributed by atoms with Crippen LogP contribution in [0.15, 0.2) is 0 Å². The quantitative estimate of drug-likeness (QED) is 0.438. The highest BCUT2D eigenvalue weighted by Crippen LogP contribution is 2.48. The fourth-order valence-electron chi connectivity index (χ4n) is 4.35. The number of nitrogens with one attached hydrogen (secondary N) is 2. The highest BCUT2D eigenvalue weighted by Gasteiger charge is 2.38. The van der Waals surface area contributed by atoms with Gasteiger partial charge in [0.2, 0.25) is 0 Å². The van der Waals surface area contributed by atoms with Gasteiger partial charge in [-0.2, -0.15) is 0 Å². The Kier molecular flexibility index (Phi) is 10.8. The second-order valence-corrected chi connectivity index (χ2v) is 9.53. The number of hydrogen-bond donors (Lipinski definition) is 2. The van der Waals surface area contributed by atoms with Gasteiger partial charge < -0.3 is 10.6 Å². The molecule has 0 heterocycles. The number of rotatable bonds is 13. The molecular weight excluding hydrogens is 292 g/mol. The molecule has 0 aliphatic carbocycles. The van der Waals surface area contributed by atoms with Crippen molar-refractivity contribution in [2.24, 2.45) is 22.7 Å². The summed E-state index contributed by atoms with van der Waals surface area (Å²) in [6.07, 6.45) is 7.91. The van der Waals surface area contributed by atoms with E-state index in [4.69, 9.17) is 0 Å². The molecule has 2 heteroatoms. The van der Waals surface area contributed by atoms with Gasteiger partial charge in [0.05, 0.1) is 0 Å². The minimum absolute atomic E-state index is 0.428. The molecule has 5 atom stereocenters. The van der Waals surface area contributed by atoms with Crippen LogP contribution in [0.3, 0.4) is 0 Å². The van der Waals surface area contributed by atoms with Gasteiger partial charge in [0.15, 0.2) is 0 Å². The summed E-state index contributed by atoms with van der Waals surface area (Å²) in [6, 6.07) is 1.21. The normalized spacial score (nSPS) is 21.1. The molecule has 5 unspecified atom stereocenters. The lowest BCUT2D eigenvalue weighted by Crippen LogP contribution is -2.37. The van der Waals surface area contributed by atoms with Crippen LogP contribution in [0, 0.1) is 22.7 Å². The van der Waals surface area contributed by atoms with E-state index in [0.717, 1.165) is 11.8 Å². The van der Waals surface area contributed by atoms with Crippen molar-refractivity contribution in [1.29, 1.82) is 0 Å². The van der Waals surface area contributed by atoms with Crippen LogP contribution in [-0.4, -0.2) is 26.2 Å². The monoisotopic (exact) mass is 340 g/mol. The molecule has 0 aromatic rings. The smallest absolute Gasteiger partial charge is 0.00615 e. The van der Waals surface area contributed by atoms with Crippen molar-refractivity contribution in [3.63, 3.8) is 0 Å². The Labute approximate surface area is 154 Å². The molecule has 0 aliphatic heterocycles. The zero-order valence-corrected chi connectivity index (χ0v) is 18.6. The zero-order valence-electron chi connectivity index (χ0n) is 18.6. The van der Waals surface area contributed by atoms with E-state index in [9.17, 15) is 0 Å². The SMILES string of the molecule is CCCC(C)(CC(C)C(C)NC)CC(C)(CCC(C)NC)C(C)C. The van der Waals surface area contributed by atoms with E-state index in [1.54, 1.807) is 0 Å². The molecule has 0 rings (SSSR count). The largest absolute Gasteiger partial charge is 0.317 e. The van der Waals surface area contributed by atoms with E-state index in [1.165, 1.54) is 38.5 Å². The van der Waals surface area contributed by atoms with Crippen molar-refractivity contribution < 1.29 is 0 Å². The van der Waals surface area contributed by atoms with Gasteiger partial charge in [-0.1, -0.05) is 48.0 Å². The molecule has 0 amide bonds. The maximum absolute atomic E-state index is 3.45. The standard InChI is InChI=1S/C22H48N2/c1-11-13-21(7,15-18(4)20(6)24-10)16-22(8,17(2)3)14-12-19(5)23-9/h17-20,23-24H,11-16H2,1-10H3. The maximum Gasteiger partial charge on any atom is 0.00615 e. The first kappa shape index (κ1) is 23.9. The predicted molar refractivity (Wildman–Crippen MR) is 111 cm³/mol. The van der Waals surface area contributed by atoms with Crippen LogP contribution in [-0.2, 0) is 0 Å². The second kappa shape index (κ2) is 10.8. The topological polar surface area (TPSA) is 24.1 Å². The lowest BCUT2D eigenvalue weighted by Gasteiger charge is -2.44. The highest BCUT2D eigenvalue weighted by molar-refractivity contribution is 4.89. The minimum atomic E-state index is 0.428. The van der Waals surface area contributed by atoms with Crippen molar-refractivity contribution in [2.45, 2.75) is 106 Å². The molecule has 0 radical (unpaired) electrons. The molecule has 0 bridgehead atoms. The van der Waals surface area contributed by atoms with E-state index in [0.29, 0.717) is 22.9 Å². The summed E-state index contributed by atoms with van der Waals surface area (Å²) in [5, 5.41) is 6.87. The third-order valence-electron chi connectivity index (χ3n) is 6.84. The van der Waals surface area contributed by atoms with Gasteiger partial charge in [0, 0.05) is 12.1 Å². The van der Waals surface area contributed by atoms with Crippen molar-refractivity contribution >= 4 is 0 Å². The van der Waals surface area contributed by atoms with Gasteiger partial charge in [-0.25, -0.2) is 0 Å². The lowest BCUT2D eigenvalue weighted by molar-refractivity contribution is 0.0659. The van der Waals surface area contributed by atoms with Crippen molar-refractivity contribution in [3.8, 4) is 0 Å². The van der Waals surface area contributed by atoms with E-state index in [2.05, 4.69) is 80.1 Å². The minimum Gasteiger partial charge on any atom is -0.317 e. The second-order valence-electron chi connectivity index (χ2n) is 9.53. The first-order valence-corrected chi connectivity index (χ1v) is 10.4. The molecule has 0 spiro atoms. The third kappa shape index (κ3) is 7.87. The van der Waals surface area contributed by atoms with Gasteiger partial charge in [0.1, 0.15) is 0 Å². The molecule has 2 N–H and O–H groups in total. The Morgan fingerprint density at radius 2 is 1.46 bits per heavy atom. The van der Waals surface area contributed by atoms with Crippen LogP contribution < -0.4 is 10.6 Å². The van der Waals surface area contributed by atoms with Crippen LogP contribution in [0.4, 0.5) is 0 Å². The van der Waals surface area contributed by atoms with E-state index in [1.807, 2.05) is 0 Å². The van der Waals surface area contributed by atoms with Gasteiger partial charge in [-0.3, -0.25) is 0 Å². The Balaban J connectivity index is 5.17. The van der Waals surface area contributed by atoms with E-state index in [-0.39, 0.29) is 0 Å². The summed E-state index contributed by atoms with van der Waals surface area (Å²) < 4.78 is 0. The summed E-state index contributed by atoms with van der Waals surface area (Å²) in [5.74, 6) is 1.45. The Morgan fingerprint density at radius 1 is 0.875 bits per heavy atom. The number of hydrogen-bond acceptors (Lipinski definition) is 2. The van der Waals surface area contributed by atoms with Gasteiger partial charge in [0.25, 0.3) is 0 Å². The lowest BCUT2D eigenvalue weighted by atomic mass is 9.61. The average molecular weight is 341 g/mol. The van der Waals surface area contributed by atoms with Crippen LogP contribution in [0.25, 0.3) is 0 Å². The Hall–Kier alpha value is -0.0800. The summed E-state index contributed by atoms with van der Waals surface area (Å²) in [4.78, 5) is 0. The summed E-state index contributed by atoms with van der Waals surface area (Å²) in [6.45, 7) is 19.4. The van der Waals surface area contributed by atoms with Crippen LogP contribution in [0.5, 0.6) is 0 Å². The van der Waals surface area contributed by atoms with Crippen molar-refractivity contribution in [2.75, 3.05) is 14.1 Å². The molecule has 0 fully saturated rings. The van der Waals surface area contributed by atoms with Crippen LogP contribution in [0.1, 0.15) is 93.9 Å². The Bertz CT molecular complexity index is 328. The van der Waals surface area contributed by atoms with Gasteiger partial charge in [-0.15, -0.1) is 0 Å². The molecule has 0 saturated heterocycles. The van der Waals surface area contributed by atoms with E-state index >= 15 is 0 Å². The summed E-state index contributed by atoms with van der Waals surface area (Å²) in [7, 11) is 4.18. The molecule has 0 aliphatic rings. The summed E-state index contributed by atoms with van der Waals surface area (Å²) in [5.41, 5.74) is 0.874. The Morgan fingerprint density at radius 3 is 1.88 bits per heavy atom. The molecule has 0 saturated carbocycles. The predicted octanol–water partition coefficient (Wildman–Crippen LogP) is 5.87. The fraction of sp³-hybridized carbons (Fsp3) is 1.00. The maximum atomic E-state index is 3.45. The van der Waals surface area contributed by atoms with Crippen molar-refractivity contribution in [1.82, 2.24) is 10.6 Å². The van der Waals surface area contributed by atoms with Gasteiger partial charge >= 0.3 is 0 Å². The molecule has 24 heavy (non-hydrogen) atoms. The highest BCUT2D eigenvalue weighted by atomic mass is 14.9. The van der Waals surface area contributed by atoms with Crippen LogP contribution in [0.2, 0.25) is 0 Å². The van der Waals surface area contributed by atoms with Crippen LogP contribution >= 0.6 is 0 Å². The van der Waals surface area contributed by atoms with Crippen molar-refractivity contribution in [3.05, 3.63) is 0 Å². The first-order chi connectivity index (χ1) is 11.0. The third-order valence-corrected chi connectivity index (χ3v) is 6.84. The molecule has 2 nitrogen and oxygen atoms in total. The molecule has 0 aromatic carbocycles. The first-order valence-electron chi connectivity index (χ1n) is 10.4. The summed E-state index contributed by atoms with van der Waals surface area (Å²) >= 11 is 0. The van der Waals surface area contributed by atoms with Gasteiger partial charge in [-0.05, 0) is 82.7 Å². The molecular formula is C22H48N2. The average Bonchev–Trinajstić information content (AvgIpc) is 2.51. The zero-order chi connectivity index (χ0) is 19.0. The molecule has 0 aromatic heterocycles.